The number of thiocarbonyl (C=S) groups is 1. The Labute approximate surface area is 115 Å². The molecule has 2 rings (SSSR count). The van der Waals surface area contributed by atoms with Crippen molar-refractivity contribution in [2.75, 3.05) is 0 Å². The number of ketones is 1. The van der Waals surface area contributed by atoms with E-state index in [1.165, 1.54) is 0 Å². The number of hydrogen-bond donors (Lipinski definition) is 1. The molecule has 18 heavy (non-hydrogen) atoms. The number of Topliss-reactive ketones (excluding diaryl/α,β-unsaturated/α-hetero) is 1. The van der Waals surface area contributed by atoms with Gasteiger partial charge in [0.05, 0.1) is 4.91 Å². The molecule has 1 heterocycles. The highest BCUT2D eigenvalue weighted by molar-refractivity contribution is 8.19. The Hall–Kier alpha value is -1.46. The summed E-state index contributed by atoms with van der Waals surface area (Å²) in [6.07, 6.45) is 2.24. The van der Waals surface area contributed by atoms with Crippen molar-refractivity contribution in [2.24, 2.45) is 0 Å². The first kappa shape index (κ1) is 13.0. The van der Waals surface area contributed by atoms with Crippen LogP contribution in [0.25, 0.3) is 6.08 Å². The van der Waals surface area contributed by atoms with E-state index in [2.05, 4.69) is 5.32 Å². The van der Waals surface area contributed by atoms with E-state index >= 15 is 0 Å². The fourth-order valence-electron chi connectivity index (χ4n) is 1.63. The van der Waals surface area contributed by atoms with E-state index in [4.69, 9.17) is 12.2 Å². The summed E-state index contributed by atoms with van der Waals surface area (Å²) in [4.78, 5) is 24.1. The maximum atomic E-state index is 11.8. The summed E-state index contributed by atoms with van der Waals surface area (Å²) >= 11 is 6.10. The average Bonchev–Trinajstić information content (AvgIpc) is 2.67. The number of rotatable bonds is 3. The van der Waals surface area contributed by atoms with Crippen LogP contribution in [-0.2, 0) is 0 Å². The number of thioether (sulfide) groups is 1. The van der Waals surface area contributed by atoms with Gasteiger partial charge in [0.15, 0.2) is 5.78 Å². The summed E-state index contributed by atoms with van der Waals surface area (Å²) < 4.78 is 0. The quantitative estimate of drug-likeness (QED) is 0.522. The van der Waals surface area contributed by atoms with Crippen molar-refractivity contribution in [1.82, 2.24) is 5.32 Å². The summed E-state index contributed by atoms with van der Waals surface area (Å²) in [5.41, 5.74) is 1.46. The molecule has 1 aliphatic heterocycles. The molecule has 5 heteroatoms. The Morgan fingerprint density at radius 3 is 2.78 bits per heavy atom. The van der Waals surface area contributed by atoms with Crippen molar-refractivity contribution in [1.29, 1.82) is 0 Å². The van der Waals surface area contributed by atoms with E-state index < -0.39 is 0 Å². The van der Waals surface area contributed by atoms with Gasteiger partial charge < -0.3 is 5.32 Å². The minimum absolute atomic E-state index is 0.0793. The molecule has 3 nitrogen and oxygen atoms in total. The summed E-state index contributed by atoms with van der Waals surface area (Å²) in [5.74, 6) is 0.0793. The largest absolute Gasteiger partial charge is 0.307 e. The average molecular weight is 277 g/mol. The summed E-state index contributed by atoms with van der Waals surface area (Å²) in [5, 5.41) is 2.38. The number of benzene rings is 1. The fraction of sp³-hybridized carbons (Fsp3) is 0.154. The number of carbonyl (C=O) groups is 2. The Morgan fingerprint density at radius 2 is 2.17 bits per heavy atom. The van der Waals surface area contributed by atoms with Crippen LogP contribution in [0.15, 0.2) is 29.2 Å². The van der Waals surface area contributed by atoms with E-state index in [0.717, 1.165) is 17.3 Å². The number of amides is 1. The zero-order valence-electron chi connectivity index (χ0n) is 9.73. The van der Waals surface area contributed by atoms with E-state index in [-0.39, 0.29) is 11.0 Å². The Bertz CT molecular complexity index is 564. The van der Waals surface area contributed by atoms with Crippen LogP contribution in [0.4, 0.5) is 4.79 Å². The zero-order chi connectivity index (χ0) is 13.1. The summed E-state index contributed by atoms with van der Waals surface area (Å²) in [6, 6.07) is 7.32. The van der Waals surface area contributed by atoms with Gasteiger partial charge in [-0.2, -0.15) is 0 Å². The molecule has 0 unspecified atom stereocenters. The van der Waals surface area contributed by atoms with Crippen LogP contribution in [0.1, 0.15) is 29.3 Å². The maximum Gasteiger partial charge on any atom is 0.289 e. The molecule has 0 aliphatic carbocycles. The Balaban J connectivity index is 2.40. The van der Waals surface area contributed by atoms with Gasteiger partial charge in [-0.1, -0.05) is 43.4 Å². The van der Waals surface area contributed by atoms with Gasteiger partial charge >= 0.3 is 0 Å². The van der Waals surface area contributed by atoms with E-state index in [1.807, 2.05) is 25.1 Å². The van der Waals surface area contributed by atoms with Gasteiger partial charge in [-0.15, -0.1) is 0 Å². The molecule has 0 radical (unpaired) electrons. The minimum Gasteiger partial charge on any atom is -0.307 e. The standard InChI is InChI=1S/C13H11NO2S2/c1-2-10(15)9-6-4-3-5-8(9)7-11-12(17)14-13(16)18-11/h3-7H,2H2,1H3,(H,14,16,17)/b11-7-. The first-order valence-corrected chi connectivity index (χ1v) is 6.71. The maximum absolute atomic E-state index is 11.8. The second kappa shape index (κ2) is 5.46. The van der Waals surface area contributed by atoms with Crippen LogP contribution in [0.5, 0.6) is 0 Å². The van der Waals surface area contributed by atoms with Crippen LogP contribution < -0.4 is 5.32 Å². The normalized spacial score (nSPS) is 17.1. The molecule has 0 saturated carbocycles. The Kier molecular flexibility index (Phi) is 3.93. The van der Waals surface area contributed by atoms with Crippen LogP contribution in [0.3, 0.4) is 0 Å². The lowest BCUT2D eigenvalue weighted by atomic mass is 10.0. The molecule has 1 aromatic carbocycles. The SMILES string of the molecule is CCC(=O)c1ccccc1/C=C1\SC(=O)NC1=S. The van der Waals surface area contributed by atoms with E-state index in [1.54, 1.807) is 12.1 Å². The molecular formula is C13H11NO2S2. The summed E-state index contributed by atoms with van der Waals surface area (Å²) in [7, 11) is 0. The van der Waals surface area contributed by atoms with Gasteiger partial charge in [0.1, 0.15) is 4.99 Å². The second-order valence-corrected chi connectivity index (χ2v) is 5.14. The number of hydrogen-bond acceptors (Lipinski definition) is 4. The van der Waals surface area contributed by atoms with Crippen molar-refractivity contribution < 1.29 is 9.59 Å². The lowest BCUT2D eigenvalue weighted by Crippen LogP contribution is -2.15. The third-order valence-corrected chi connectivity index (χ3v) is 3.79. The van der Waals surface area contributed by atoms with Gasteiger partial charge in [-0.25, -0.2) is 0 Å². The van der Waals surface area contributed by atoms with Crippen LogP contribution >= 0.6 is 24.0 Å². The molecular weight excluding hydrogens is 266 g/mol. The van der Waals surface area contributed by atoms with Gasteiger partial charge in [-0.3, -0.25) is 9.59 Å². The van der Waals surface area contributed by atoms with E-state index in [0.29, 0.717) is 21.9 Å². The molecule has 0 aromatic heterocycles. The van der Waals surface area contributed by atoms with E-state index in [9.17, 15) is 9.59 Å². The third kappa shape index (κ3) is 2.68. The van der Waals surface area contributed by atoms with Crippen molar-refractivity contribution >= 4 is 46.1 Å². The molecule has 1 N–H and O–H groups in total. The predicted octanol–water partition coefficient (Wildman–Crippen LogP) is 3.40. The molecule has 1 aliphatic rings. The van der Waals surface area contributed by atoms with Crippen molar-refractivity contribution in [3.8, 4) is 0 Å². The van der Waals surface area contributed by atoms with Crippen molar-refractivity contribution in [3.63, 3.8) is 0 Å². The van der Waals surface area contributed by atoms with Gasteiger partial charge in [-0.05, 0) is 23.4 Å². The minimum atomic E-state index is -0.175. The second-order valence-electron chi connectivity index (χ2n) is 3.72. The summed E-state index contributed by atoms with van der Waals surface area (Å²) in [6.45, 7) is 1.83. The van der Waals surface area contributed by atoms with Crippen LogP contribution in [0, 0.1) is 0 Å². The zero-order valence-corrected chi connectivity index (χ0v) is 11.4. The highest BCUT2D eigenvalue weighted by atomic mass is 32.2. The highest BCUT2D eigenvalue weighted by Gasteiger charge is 2.22. The lowest BCUT2D eigenvalue weighted by Gasteiger charge is -2.04. The topological polar surface area (TPSA) is 46.2 Å². The smallest absolute Gasteiger partial charge is 0.289 e. The van der Waals surface area contributed by atoms with Crippen molar-refractivity contribution in [3.05, 3.63) is 40.3 Å². The monoisotopic (exact) mass is 277 g/mol. The predicted molar refractivity (Wildman–Crippen MR) is 77.8 cm³/mol. The molecule has 1 fully saturated rings. The van der Waals surface area contributed by atoms with Gasteiger partial charge in [0.2, 0.25) is 0 Å². The highest BCUT2D eigenvalue weighted by Crippen LogP contribution is 2.27. The molecule has 1 aromatic rings. The molecule has 92 valence electrons. The van der Waals surface area contributed by atoms with Crippen LogP contribution in [0.2, 0.25) is 0 Å². The molecule has 0 atom stereocenters. The fourth-order valence-corrected chi connectivity index (χ4v) is 2.65. The van der Waals surface area contributed by atoms with Crippen molar-refractivity contribution in [2.45, 2.75) is 13.3 Å². The van der Waals surface area contributed by atoms with Gasteiger partial charge in [0.25, 0.3) is 5.24 Å². The Morgan fingerprint density at radius 1 is 1.44 bits per heavy atom. The molecule has 0 spiro atoms. The molecule has 1 amide bonds. The first-order valence-electron chi connectivity index (χ1n) is 5.49. The third-order valence-electron chi connectivity index (χ3n) is 2.51. The van der Waals surface area contributed by atoms with Gasteiger partial charge in [0, 0.05) is 12.0 Å². The molecule has 1 saturated heterocycles. The lowest BCUT2D eigenvalue weighted by molar-refractivity contribution is 0.0988. The number of carbonyl (C=O) groups excluding carboxylic acids is 2. The molecule has 0 bridgehead atoms. The first-order chi connectivity index (χ1) is 8.61. The number of nitrogens with one attached hydrogen (secondary N) is 1. The van der Waals surface area contributed by atoms with Crippen LogP contribution in [-0.4, -0.2) is 16.0 Å².